The number of benzene rings is 1. The number of imide groups is 1. The van der Waals surface area contributed by atoms with Crippen molar-refractivity contribution >= 4 is 23.7 Å². The Balaban J connectivity index is 1.80. The smallest absolute Gasteiger partial charge is 0.321 e. The first kappa shape index (κ1) is 20.7. The van der Waals surface area contributed by atoms with E-state index in [4.69, 9.17) is 9.15 Å². The Kier molecular flexibility index (Phi) is 7.59. The molecular weight excluding hydrogens is 375 g/mol. The summed E-state index contributed by atoms with van der Waals surface area (Å²) in [7, 11) is 0. The SMILES string of the molecule is CC[C@@H](C)NC(=O)NC(=O)CSc1nnc([C@H](C)Oc2ccc(F)cc2)o1. The van der Waals surface area contributed by atoms with Gasteiger partial charge in [0.15, 0.2) is 6.10 Å². The number of nitrogens with one attached hydrogen (secondary N) is 2. The molecule has 0 aliphatic carbocycles. The number of nitrogens with zero attached hydrogens (tertiary/aromatic N) is 2. The zero-order chi connectivity index (χ0) is 19.8. The molecule has 2 atom stereocenters. The molecule has 0 saturated heterocycles. The summed E-state index contributed by atoms with van der Waals surface area (Å²) in [5.74, 6) is -0.207. The number of aromatic nitrogens is 2. The highest BCUT2D eigenvalue weighted by molar-refractivity contribution is 7.99. The average Bonchev–Trinajstić information content (AvgIpc) is 3.11. The third kappa shape index (κ3) is 6.89. The number of carbonyl (C=O) groups is 2. The number of carbonyl (C=O) groups excluding carboxylic acids is 2. The number of hydrogen-bond acceptors (Lipinski definition) is 7. The van der Waals surface area contributed by atoms with E-state index in [1.165, 1.54) is 24.3 Å². The lowest BCUT2D eigenvalue weighted by molar-refractivity contribution is -0.117. The summed E-state index contributed by atoms with van der Waals surface area (Å²) in [5.41, 5.74) is 0. The first-order chi connectivity index (χ1) is 12.9. The number of urea groups is 1. The molecule has 0 radical (unpaired) electrons. The Morgan fingerprint density at radius 2 is 1.96 bits per heavy atom. The number of amides is 3. The Labute approximate surface area is 160 Å². The van der Waals surface area contributed by atoms with Gasteiger partial charge in [-0.3, -0.25) is 10.1 Å². The Morgan fingerprint density at radius 3 is 2.63 bits per heavy atom. The standard InChI is InChI=1S/C17H21FN4O4S/c1-4-10(2)19-16(24)20-14(23)9-27-17-22-21-15(26-17)11(3)25-13-7-5-12(18)6-8-13/h5-8,10-11H,4,9H2,1-3H3,(H2,19,20,23,24)/t10-,11+/m1/s1. The van der Waals surface area contributed by atoms with E-state index in [-0.39, 0.29) is 28.7 Å². The zero-order valence-corrected chi connectivity index (χ0v) is 16.0. The molecule has 1 aromatic heterocycles. The predicted octanol–water partition coefficient (Wildman–Crippen LogP) is 3.07. The van der Waals surface area contributed by atoms with E-state index in [1.54, 1.807) is 6.92 Å². The Hall–Kier alpha value is -2.62. The molecule has 2 N–H and O–H groups in total. The fourth-order valence-electron chi connectivity index (χ4n) is 1.86. The molecule has 0 spiro atoms. The maximum Gasteiger partial charge on any atom is 0.321 e. The average molecular weight is 396 g/mol. The zero-order valence-electron chi connectivity index (χ0n) is 15.2. The number of ether oxygens (including phenoxy) is 1. The topological polar surface area (TPSA) is 106 Å². The van der Waals surface area contributed by atoms with Crippen LogP contribution in [-0.4, -0.2) is 33.9 Å². The molecule has 146 valence electrons. The quantitative estimate of drug-likeness (QED) is 0.661. The van der Waals surface area contributed by atoms with Crippen LogP contribution in [-0.2, 0) is 4.79 Å². The second kappa shape index (κ2) is 9.91. The van der Waals surface area contributed by atoms with Crippen LogP contribution in [0.15, 0.2) is 33.9 Å². The summed E-state index contributed by atoms with van der Waals surface area (Å²) in [5, 5.41) is 12.7. The Morgan fingerprint density at radius 1 is 1.26 bits per heavy atom. The van der Waals surface area contributed by atoms with Gasteiger partial charge < -0.3 is 14.5 Å². The van der Waals surface area contributed by atoms with Gasteiger partial charge >= 0.3 is 6.03 Å². The molecule has 2 aromatic rings. The highest BCUT2D eigenvalue weighted by Gasteiger charge is 2.17. The van der Waals surface area contributed by atoms with Crippen molar-refractivity contribution in [2.75, 3.05) is 5.75 Å². The first-order valence-electron chi connectivity index (χ1n) is 8.36. The van der Waals surface area contributed by atoms with Crippen molar-refractivity contribution in [1.29, 1.82) is 0 Å². The molecule has 27 heavy (non-hydrogen) atoms. The van der Waals surface area contributed by atoms with Crippen molar-refractivity contribution in [2.45, 2.75) is 44.6 Å². The molecule has 0 unspecified atom stereocenters. The van der Waals surface area contributed by atoms with Crippen molar-refractivity contribution in [3.8, 4) is 5.75 Å². The molecule has 0 fully saturated rings. The third-order valence-electron chi connectivity index (χ3n) is 3.47. The number of hydrogen-bond donors (Lipinski definition) is 2. The van der Waals surface area contributed by atoms with Crippen molar-refractivity contribution in [3.63, 3.8) is 0 Å². The van der Waals surface area contributed by atoms with E-state index in [0.29, 0.717) is 5.75 Å². The van der Waals surface area contributed by atoms with Gasteiger partial charge in [0, 0.05) is 6.04 Å². The van der Waals surface area contributed by atoms with Crippen LogP contribution >= 0.6 is 11.8 Å². The van der Waals surface area contributed by atoms with E-state index in [1.807, 2.05) is 13.8 Å². The van der Waals surface area contributed by atoms with Crippen molar-refractivity contribution in [1.82, 2.24) is 20.8 Å². The van der Waals surface area contributed by atoms with Crippen LogP contribution < -0.4 is 15.4 Å². The molecule has 0 saturated carbocycles. The van der Waals surface area contributed by atoms with Gasteiger partial charge in [0.05, 0.1) is 5.75 Å². The van der Waals surface area contributed by atoms with Gasteiger partial charge in [0.2, 0.25) is 5.91 Å². The molecular formula is C17H21FN4O4S. The number of halogens is 1. The normalized spacial score (nSPS) is 12.9. The van der Waals surface area contributed by atoms with Gasteiger partial charge in [0.1, 0.15) is 11.6 Å². The summed E-state index contributed by atoms with van der Waals surface area (Å²) in [6, 6.07) is 4.99. The van der Waals surface area contributed by atoms with Crippen LogP contribution in [0.5, 0.6) is 5.75 Å². The van der Waals surface area contributed by atoms with Crippen LogP contribution in [0.2, 0.25) is 0 Å². The maximum atomic E-state index is 12.9. The van der Waals surface area contributed by atoms with Crippen molar-refractivity contribution in [2.24, 2.45) is 0 Å². The predicted molar refractivity (Wildman–Crippen MR) is 96.9 cm³/mol. The fourth-order valence-corrected chi connectivity index (χ4v) is 2.43. The fraction of sp³-hybridized carbons (Fsp3) is 0.412. The highest BCUT2D eigenvalue weighted by Crippen LogP contribution is 2.24. The second-order valence-corrected chi connectivity index (χ2v) is 6.67. The molecule has 0 aliphatic rings. The van der Waals surface area contributed by atoms with Gasteiger partial charge in [-0.05, 0) is 44.5 Å². The first-order valence-corrected chi connectivity index (χ1v) is 9.34. The number of rotatable bonds is 8. The van der Waals surface area contributed by atoms with Crippen LogP contribution in [0.25, 0.3) is 0 Å². The highest BCUT2D eigenvalue weighted by atomic mass is 32.2. The van der Waals surface area contributed by atoms with Crippen LogP contribution in [0, 0.1) is 5.82 Å². The minimum absolute atomic E-state index is 0.0217. The minimum atomic E-state index is -0.549. The molecule has 0 bridgehead atoms. The largest absolute Gasteiger partial charge is 0.481 e. The van der Waals surface area contributed by atoms with Gasteiger partial charge in [-0.15, -0.1) is 10.2 Å². The lowest BCUT2D eigenvalue weighted by Gasteiger charge is -2.11. The van der Waals surface area contributed by atoms with Crippen molar-refractivity contribution in [3.05, 3.63) is 36.0 Å². The van der Waals surface area contributed by atoms with Gasteiger partial charge in [0.25, 0.3) is 11.1 Å². The van der Waals surface area contributed by atoms with Gasteiger partial charge in [-0.25, -0.2) is 9.18 Å². The molecule has 2 rings (SSSR count). The van der Waals surface area contributed by atoms with Crippen LogP contribution in [0.1, 0.15) is 39.2 Å². The summed E-state index contributed by atoms with van der Waals surface area (Å²) < 4.78 is 23.9. The molecule has 10 heteroatoms. The summed E-state index contributed by atoms with van der Waals surface area (Å²) in [6.07, 6.45) is 0.215. The van der Waals surface area contributed by atoms with E-state index >= 15 is 0 Å². The summed E-state index contributed by atoms with van der Waals surface area (Å²) in [6.45, 7) is 5.47. The molecule has 0 aliphatic heterocycles. The Bertz CT molecular complexity index is 769. The minimum Gasteiger partial charge on any atom is -0.481 e. The maximum absolute atomic E-state index is 12.9. The molecule has 3 amide bonds. The van der Waals surface area contributed by atoms with E-state index < -0.39 is 18.0 Å². The summed E-state index contributed by atoms with van der Waals surface area (Å²) in [4.78, 5) is 23.3. The van der Waals surface area contributed by atoms with Crippen molar-refractivity contribution < 1.29 is 23.1 Å². The number of thioether (sulfide) groups is 1. The van der Waals surface area contributed by atoms with Gasteiger partial charge in [-0.2, -0.15) is 0 Å². The van der Waals surface area contributed by atoms with E-state index in [2.05, 4.69) is 20.8 Å². The second-order valence-electron chi connectivity index (χ2n) is 5.74. The molecule has 1 aromatic carbocycles. The monoisotopic (exact) mass is 396 g/mol. The van der Waals surface area contributed by atoms with Crippen LogP contribution in [0.3, 0.4) is 0 Å². The molecule has 8 nitrogen and oxygen atoms in total. The third-order valence-corrected chi connectivity index (χ3v) is 4.28. The van der Waals surface area contributed by atoms with E-state index in [0.717, 1.165) is 18.2 Å². The summed E-state index contributed by atoms with van der Waals surface area (Å²) >= 11 is 1.00. The van der Waals surface area contributed by atoms with E-state index in [9.17, 15) is 14.0 Å². The molecule has 1 heterocycles. The van der Waals surface area contributed by atoms with Crippen LogP contribution in [0.4, 0.5) is 9.18 Å². The van der Waals surface area contributed by atoms with Gasteiger partial charge in [-0.1, -0.05) is 18.7 Å². The lowest BCUT2D eigenvalue weighted by Crippen LogP contribution is -2.43. The lowest BCUT2D eigenvalue weighted by atomic mass is 10.3.